The summed E-state index contributed by atoms with van der Waals surface area (Å²) in [6.45, 7) is 2.08. The molecule has 1 amide bonds. The number of imidazole rings is 1. The quantitative estimate of drug-likeness (QED) is 0.266. The molecule has 11 heteroatoms. The number of halogens is 2. The number of nitrogens with zero attached hydrogens (tertiary/aromatic N) is 3. The topological polar surface area (TPSA) is 114 Å². The van der Waals surface area contributed by atoms with Gasteiger partial charge in [0.2, 0.25) is 11.8 Å². The zero-order valence-electron chi connectivity index (χ0n) is 22.3. The molecule has 4 aromatic rings. The molecule has 0 spiro atoms. The van der Waals surface area contributed by atoms with Crippen molar-refractivity contribution in [2.75, 3.05) is 13.7 Å². The van der Waals surface area contributed by atoms with Gasteiger partial charge in [-0.25, -0.2) is 23.4 Å². The Hall–Kier alpha value is -3.99. The second-order valence-corrected chi connectivity index (χ2v) is 10.4. The summed E-state index contributed by atoms with van der Waals surface area (Å²) in [6.07, 6.45) is 0.184. The van der Waals surface area contributed by atoms with Gasteiger partial charge in [0.25, 0.3) is 0 Å². The predicted octanol–water partition coefficient (Wildman–Crippen LogP) is 5.91. The number of benzene rings is 2. The standard InChI is InChI=1S/C29H32F2N4O5/c1-18-15-34(27(36)32-18)23(17-39-2)21-8-9-24-22(14-21)33-26(40-24)25(20-10-12-29(30,31)13-11-20)35(28(37)38)16-19-6-4-3-5-7-19/h3-9,14-15,20,23,25H,10-13,16-17H2,1-2H3,(H,32,36)(H,37,38)/t23?,25-/m0/s1. The first-order valence-corrected chi connectivity index (χ1v) is 13.2. The van der Waals surface area contributed by atoms with Crippen molar-refractivity contribution in [3.05, 3.63) is 87.9 Å². The van der Waals surface area contributed by atoms with Crippen LogP contribution in [0.3, 0.4) is 0 Å². The number of methoxy groups -OCH3 is 1. The molecule has 1 aliphatic carbocycles. The number of hydrogen-bond acceptors (Lipinski definition) is 5. The van der Waals surface area contributed by atoms with Crippen molar-refractivity contribution in [2.45, 2.75) is 57.2 Å². The average molecular weight is 555 g/mol. The first-order chi connectivity index (χ1) is 19.1. The number of amides is 1. The highest BCUT2D eigenvalue weighted by molar-refractivity contribution is 5.74. The van der Waals surface area contributed by atoms with Crippen molar-refractivity contribution in [1.82, 2.24) is 19.4 Å². The Morgan fingerprint density at radius 3 is 2.60 bits per heavy atom. The molecule has 2 heterocycles. The number of alkyl halides is 2. The molecule has 1 fully saturated rings. The highest BCUT2D eigenvalue weighted by Gasteiger charge is 2.43. The molecule has 0 aliphatic heterocycles. The number of carboxylic acid groups (broad SMARTS) is 1. The van der Waals surface area contributed by atoms with Gasteiger partial charge < -0.3 is 19.2 Å². The maximum absolute atomic E-state index is 14.1. The Balaban J connectivity index is 1.55. The monoisotopic (exact) mass is 554 g/mol. The van der Waals surface area contributed by atoms with Crippen molar-refractivity contribution >= 4 is 17.2 Å². The lowest BCUT2D eigenvalue weighted by Gasteiger charge is -2.37. The Bertz CT molecular complexity index is 1520. The van der Waals surface area contributed by atoms with Crippen molar-refractivity contribution < 1.29 is 27.8 Å². The highest BCUT2D eigenvalue weighted by Crippen LogP contribution is 2.44. The van der Waals surface area contributed by atoms with E-state index in [2.05, 4.69) is 4.98 Å². The SMILES string of the molecule is COCC(c1ccc2oc([C@H](C3CCC(F)(F)CC3)N(Cc3ccccc3)C(=O)O)nc2c1)n1cc(C)[nH]c1=O. The van der Waals surface area contributed by atoms with Gasteiger partial charge in [0.15, 0.2) is 5.58 Å². The van der Waals surface area contributed by atoms with E-state index < -0.39 is 30.0 Å². The third-order valence-corrected chi connectivity index (χ3v) is 7.58. The number of aryl methyl sites for hydroxylation is 1. The van der Waals surface area contributed by atoms with Crippen LogP contribution in [0.5, 0.6) is 0 Å². The molecule has 2 atom stereocenters. The number of oxazole rings is 1. The van der Waals surface area contributed by atoms with Crippen LogP contribution in [0, 0.1) is 12.8 Å². The molecule has 40 heavy (non-hydrogen) atoms. The molecular weight excluding hydrogens is 522 g/mol. The Morgan fingerprint density at radius 2 is 1.98 bits per heavy atom. The summed E-state index contributed by atoms with van der Waals surface area (Å²) in [7, 11) is 1.55. The van der Waals surface area contributed by atoms with E-state index >= 15 is 0 Å². The predicted molar refractivity (Wildman–Crippen MR) is 143 cm³/mol. The first kappa shape index (κ1) is 27.6. The summed E-state index contributed by atoms with van der Waals surface area (Å²) >= 11 is 0. The fourth-order valence-corrected chi connectivity index (χ4v) is 5.59. The Labute approximate surface area is 229 Å². The molecule has 0 saturated heterocycles. The lowest BCUT2D eigenvalue weighted by molar-refractivity contribution is -0.0577. The second-order valence-electron chi connectivity index (χ2n) is 10.4. The van der Waals surface area contributed by atoms with Crippen LogP contribution < -0.4 is 5.69 Å². The van der Waals surface area contributed by atoms with Crippen LogP contribution in [-0.4, -0.2) is 50.3 Å². The molecule has 2 aromatic heterocycles. The van der Waals surface area contributed by atoms with Gasteiger partial charge in [0.1, 0.15) is 11.6 Å². The molecule has 212 valence electrons. The van der Waals surface area contributed by atoms with E-state index in [9.17, 15) is 23.5 Å². The van der Waals surface area contributed by atoms with Gasteiger partial charge in [0.05, 0.1) is 12.6 Å². The van der Waals surface area contributed by atoms with Gasteiger partial charge in [-0.05, 0) is 48.9 Å². The molecule has 1 aliphatic rings. The van der Waals surface area contributed by atoms with Crippen molar-refractivity contribution in [2.24, 2.45) is 5.92 Å². The lowest BCUT2D eigenvalue weighted by Crippen LogP contribution is -2.40. The van der Waals surface area contributed by atoms with Gasteiger partial charge in [0, 0.05) is 38.4 Å². The molecule has 0 radical (unpaired) electrons. The maximum Gasteiger partial charge on any atom is 0.408 e. The first-order valence-electron chi connectivity index (χ1n) is 13.2. The molecule has 1 unspecified atom stereocenters. The van der Waals surface area contributed by atoms with Crippen LogP contribution in [-0.2, 0) is 11.3 Å². The molecule has 2 N–H and O–H groups in total. The molecule has 0 bridgehead atoms. The fourth-order valence-electron chi connectivity index (χ4n) is 5.59. The van der Waals surface area contributed by atoms with Crippen LogP contribution in [0.25, 0.3) is 11.1 Å². The number of aromatic amines is 1. The Morgan fingerprint density at radius 1 is 1.25 bits per heavy atom. The fraction of sp³-hybridized carbons (Fsp3) is 0.414. The van der Waals surface area contributed by atoms with Crippen molar-refractivity contribution in [3.63, 3.8) is 0 Å². The van der Waals surface area contributed by atoms with E-state index in [0.717, 1.165) is 11.1 Å². The molecule has 1 saturated carbocycles. The van der Waals surface area contributed by atoms with Gasteiger partial charge in [-0.15, -0.1) is 0 Å². The van der Waals surface area contributed by atoms with Crippen LogP contribution >= 0.6 is 0 Å². The van der Waals surface area contributed by atoms with Gasteiger partial charge in [-0.2, -0.15) is 0 Å². The van der Waals surface area contributed by atoms with E-state index in [0.29, 0.717) is 16.8 Å². The van der Waals surface area contributed by atoms with E-state index in [1.165, 1.54) is 4.90 Å². The molecule has 5 rings (SSSR count). The summed E-state index contributed by atoms with van der Waals surface area (Å²) in [6, 6.07) is 13.2. The van der Waals surface area contributed by atoms with E-state index in [1.807, 2.05) is 36.4 Å². The van der Waals surface area contributed by atoms with Crippen molar-refractivity contribution in [3.8, 4) is 0 Å². The largest absolute Gasteiger partial charge is 0.465 e. The zero-order chi connectivity index (χ0) is 28.4. The van der Waals surface area contributed by atoms with E-state index in [4.69, 9.17) is 14.1 Å². The molecule has 9 nitrogen and oxygen atoms in total. The number of hydrogen-bond donors (Lipinski definition) is 2. The normalized spacial score (nSPS) is 17.1. The Kier molecular flexibility index (Phi) is 7.75. The average Bonchev–Trinajstić information content (AvgIpc) is 3.49. The van der Waals surface area contributed by atoms with Crippen LogP contribution in [0.4, 0.5) is 13.6 Å². The highest BCUT2D eigenvalue weighted by atomic mass is 19.3. The minimum atomic E-state index is -2.77. The van der Waals surface area contributed by atoms with Gasteiger partial charge >= 0.3 is 11.8 Å². The lowest BCUT2D eigenvalue weighted by atomic mass is 9.81. The number of ether oxygens (including phenoxy) is 1. The summed E-state index contributed by atoms with van der Waals surface area (Å²) < 4.78 is 41.2. The number of fused-ring (bicyclic) bond motifs is 1. The summed E-state index contributed by atoms with van der Waals surface area (Å²) in [5.41, 5.74) is 2.87. The maximum atomic E-state index is 14.1. The van der Waals surface area contributed by atoms with Crippen LogP contribution in [0.1, 0.15) is 60.5 Å². The van der Waals surface area contributed by atoms with Crippen LogP contribution in [0.2, 0.25) is 0 Å². The smallest absolute Gasteiger partial charge is 0.408 e. The number of aromatic nitrogens is 3. The number of carbonyl (C=O) groups is 1. The zero-order valence-corrected chi connectivity index (χ0v) is 22.3. The van der Waals surface area contributed by atoms with Gasteiger partial charge in [-0.3, -0.25) is 9.47 Å². The summed E-state index contributed by atoms with van der Waals surface area (Å²) in [5, 5.41) is 10.3. The number of rotatable bonds is 9. The van der Waals surface area contributed by atoms with Gasteiger partial charge in [-0.1, -0.05) is 36.4 Å². The number of H-pyrrole nitrogens is 1. The minimum absolute atomic E-state index is 0.0589. The third kappa shape index (κ3) is 5.79. The summed E-state index contributed by atoms with van der Waals surface area (Å²) in [4.78, 5) is 33.8. The summed E-state index contributed by atoms with van der Waals surface area (Å²) in [5.74, 6) is -3.00. The van der Waals surface area contributed by atoms with Crippen molar-refractivity contribution in [1.29, 1.82) is 0 Å². The van der Waals surface area contributed by atoms with E-state index in [1.54, 1.807) is 36.9 Å². The van der Waals surface area contributed by atoms with E-state index in [-0.39, 0.29) is 50.4 Å². The minimum Gasteiger partial charge on any atom is -0.465 e. The van der Waals surface area contributed by atoms with Crippen LogP contribution in [0.15, 0.2) is 63.9 Å². The molecular formula is C29H32F2N4O5. The third-order valence-electron chi connectivity index (χ3n) is 7.58. The molecule has 2 aromatic carbocycles. The second kappa shape index (κ2) is 11.2. The number of nitrogens with one attached hydrogen (secondary N) is 1.